The third-order valence-electron chi connectivity index (χ3n) is 4.94. The first-order valence-corrected chi connectivity index (χ1v) is 9.56. The van der Waals surface area contributed by atoms with E-state index in [2.05, 4.69) is 25.3 Å². The Balaban J connectivity index is 1.34. The Bertz CT molecular complexity index is 1590. The summed E-state index contributed by atoms with van der Waals surface area (Å²) < 4.78 is 10.6. The summed E-state index contributed by atoms with van der Waals surface area (Å²) in [5.41, 5.74) is 2.09. The predicted octanol–water partition coefficient (Wildman–Crippen LogP) is 2.88. The van der Waals surface area contributed by atoms with E-state index in [9.17, 15) is 10.1 Å². The Morgan fingerprint density at radius 1 is 1.03 bits per heavy atom. The maximum Gasteiger partial charge on any atom is 0.307 e. The highest BCUT2D eigenvalue weighted by Crippen LogP contribution is 2.24. The molecule has 0 bridgehead atoms. The standard InChI is InChI=1S/C20H13N9O3/c30-29(31)14-8-22-26(10-14)11-15-6-7-17(32-15)18-24-20-16-9-23-28(13-4-2-1-3-5-13)19(16)21-12-27(20)25-18/h1-10,12H,11H2. The fraction of sp³-hybridized carbons (Fsp3) is 0.0500. The molecule has 0 atom stereocenters. The molecule has 0 spiro atoms. The number of furan rings is 1. The third-order valence-corrected chi connectivity index (χ3v) is 4.94. The monoisotopic (exact) mass is 427 g/mol. The van der Waals surface area contributed by atoms with Crippen molar-refractivity contribution in [3.63, 3.8) is 0 Å². The van der Waals surface area contributed by atoms with Gasteiger partial charge < -0.3 is 4.42 Å². The van der Waals surface area contributed by atoms with Gasteiger partial charge in [-0.1, -0.05) is 18.2 Å². The summed E-state index contributed by atoms with van der Waals surface area (Å²) in [7, 11) is 0. The molecule has 0 saturated heterocycles. The zero-order valence-corrected chi connectivity index (χ0v) is 16.3. The van der Waals surface area contributed by atoms with Crippen molar-refractivity contribution in [1.82, 2.24) is 39.1 Å². The molecular weight excluding hydrogens is 414 g/mol. The molecule has 12 heteroatoms. The first kappa shape index (κ1) is 17.9. The van der Waals surface area contributed by atoms with E-state index >= 15 is 0 Å². The van der Waals surface area contributed by atoms with Gasteiger partial charge in [-0.05, 0) is 24.3 Å². The molecule has 1 aromatic carbocycles. The number of benzene rings is 1. The lowest BCUT2D eigenvalue weighted by atomic mass is 10.3. The molecule has 12 nitrogen and oxygen atoms in total. The molecule has 6 rings (SSSR count). The number of nitro groups is 1. The molecule has 0 fully saturated rings. The van der Waals surface area contributed by atoms with Crippen LogP contribution in [0.3, 0.4) is 0 Å². The second-order valence-electron chi connectivity index (χ2n) is 7.00. The highest BCUT2D eigenvalue weighted by atomic mass is 16.6. The van der Waals surface area contributed by atoms with E-state index in [-0.39, 0.29) is 12.2 Å². The number of para-hydroxylation sites is 1. The lowest BCUT2D eigenvalue weighted by Crippen LogP contribution is -1.98. The Labute approximate surface area is 178 Å². The molecule has 0 radical (unpaired) electrons. The van der Waals surface area contributed by atoms with Crippen molar-refractivity contribution < 1.29 is 9.34 Å². The molecule has 0 unspecified atom stereocenters. The third kappa shape index (κ3) is 2.89. The van der Waals surface area contributed by atoms with Crippen LogP contribution in [0.25, 0.3) is 34.0 Å². The smallest absolute Gasteiger partial charge is 0.307 e. The summed E-state index contributed by atoms with van der Waals surface area (Å²) in [5, 5.41) is 24.5. The molecule has 32 heavy (non-hydrogen) atoms. The van der Waals surface area contributed by atoms with E-state index in [1.54, 1.807) is 33.9 Å². The highest BCUT2D eigenvalue weighted by Gasteiger charge is 2.17. The molecule has 6 aromatic rings. The number of rotatable bonds is 5. The summed E-state index contributed by atoms with van der Waals surface area (Å²) >= 11 is 0. The lowest BCUT2D eigenvalue weighted by Gasteiger charge is -2.01. The van der Waals surface area contributed by atoms with Gasteiger partial charge in [0.05, 0.1) is 28.7 Å². The molecular formula is C20H13N9O3. The van der Waals surface area contributed by atoms with E-state index in [0.717, 1.165) is 11.1 Å². The number of nitrogens with zero attached hydrogens (tertiary/aromatic N) is 9. The number of hydrogen-bond donors (Lipinski definition) is 0. The van der Waals surface area contributed by atoms with Crippen molar-refractivity contribution >= 4 is 22.4 Å². The largest absolute Gasteiger partial charge is 0.456 e. The minimum Gasteiger partial charge on any atom is -0.456 e. The Kier molecular flexibility index (Phi) is 3.83. The van der Waals surface area contributed by atoms with Gasteiger partial charge in [-0.15, -0.1) is 5.10 Å². The van der Waals surface area contributed by atoms with Crippen LogP contribution < -0.4 is 0 Å². The Morgan fingerprint density at radius 2 is 1.91 bits per heavy atom. The SMILES string of the molecule is O=[N+]([O-])c1cnn(Cc2ccc(-c3nc4c5cnn(-c6ccccc6)c5ncn4n3)o2)c1. The van der Waals surface area contributed by atoms with Crippen LogP contribution in [0.1, 0.15) is 5.76 Å². The van der Waals surface area contributed by atoms with Gasteiger partial charge in [0.25, 0.3) is 0 Å². The Hall–Kier alpha value is -4.87. The topological polar surface area (TPSA) is 135 Å². The average molecular weight is 427 g/mol. The molecule has 0 amide bonds. The average Bonchev–Trinajstić information content (AvgIpc) is 3.58. The van der Waals surface area contributed by atoms with Crippen LogP contribution in [0.2, 0.25) is 0 Å². The normalized spacial score (nSPS) is 11.5. The quantitative estimate of drug-likeness (QED) is 0.303. The van der Waals surface area contributed by atoms with Gasteiger partial charge in [0.1, 0.15) is 24.5 Å². The number of aromatic nitrogens is 8. The first-order valence-electron chi connectivity index (χ1n) is 9.56. The second-order valence-corrected chi connectivity index (χ2v) is 7.00. The lowest BCUT2D eigenvalue weighted by molar-refractivity contribution is -0.385. The summed E-state index contributed by atoms with van der Waals surface area (Å²) in [6.45, 7) is 0.247. The van der Waals surface area contributed by atoms with Crippen molar-refractivity contribution in [1.29, 1.82) is 0 Å². The molecule has 0 aliphatic heterocycles. The van der Waals surface area contributed by atoms with E-state index in [4.69, 9.17) is 4.42 Å². The maximum atomic E-state index is 10.8. The van der Waals surface area contributed by atoms with Gasteiger partial charge in [-0.2, -0.15) is 10.2 Å². The van der Waals surface area contributed by atoms with Crippen LogP contribution in [0.15, 0.2) is 71.8 Å². The maximum absolute atomic E-state index is 10.8. The van der Waals surface area contributed by atoms with Gasteiger partial charge in [-0.25, -0.2) is 19.2 Å². The molecule has 5 aromatic heterocycles. The van der Waals surface area contributed by atoms with Crippen LogP contribution in [0, 0.1) is 10.1 Å². The van der Waals surface area contributed by atoms with Crippen molar-refractivity contribution in [2.24, 2.45) is 0 Å². The van der Waals surface area contributed by atoms with Crippen molar-refractivity contribution in [2.75, 3.05) is 0 Å². The van der Waals surface area contributed by atoms with Crippen LogP contribution in [0.4, 0.5) is 5.69 Å². The molecule has 0 N–H and O–H groups in total. The van der Waals surface area contributed by atoms with E-state index in [0.29, 0.717) is 28.6 Å². The van der Waals surface area contributed by atoms with Crippen LogP contribution in [-0.4, -0.2) is 44.1 Å². The van der Waals surface area contributed by atoms with Crippen molar-refractivity contribution in [3.8, 4) is 17.3 Å². The van der Waals surface area contributed by atoms with Crippen molar-refractivity contribution in [2.45, 2.75) is 6.54 Å². The summed E-state index contributed by atoms with van der Waals surface area (Å²) in [6.07, 6.45) is 5.84. The number of hydrogen-bond acceptors (Lipinski definition) is 8. The van der Waals surface area contributed by atoms with E-state index in [1.165, 1.54) is 17.1 Å². The molecule has 0 saturated carbocycles. The molecule has 0 aliphatic carbocycles. The van der Waals surface area contributed by atoms with Crippen LogP contribution in [-0.2, 0) is 6.54 Å². The fourth-order valence-corrected chi connectivity index (χ4v) is 3.46. The van der Waals surface area contributed by atoms with Gasteiger partial charge in [0.15, 0.2) is 17.1 Å². The molecule has 156 valence electrons. The zero-order valence-electron chi connectivity index (χ0n) is 16.3. The highest BCUT2D eigenvalue weighted by molar-refractivity contribution is 5.89. The first-order chi connectivity index (χ1) is 15.7. The van der Waals surface area contributed by atoms with Crippen LogP contribution >= 0.6 is 0 Å². The van der Waals surface area contributed by atoms with E-state index < -0.39 is 4.92 Å². The van der Waals surface area contributed by atoms with Gasteiger partial charge in [0, 0.05) is 0 Å². The summed E-state index contributed by atoms with van der Waals surface area (Å²) in [6, 6.07) is 13.2. The predicted molar refractivity (Wildman–Crippen MR) is 111 cm³/mol. The summed E-state index contributed by atoms with van der Waals surface area (Å²) in [4.78, 5) is 19.4. The second kappa shape index (κ2) is 6.84. The fourth-order valence-electron chi connectivity index (χ4n) is 3.46. The van der Waals surface area contributed by atoms with Gasteiger partial charge in [0.2, 0.25) is 5.82 Å². The van der Waals surface area contributed by atoms with Crippen LogP contribution in [0.5, 0.6) is 0 Å². The van der Waals surface area contributed by atoms with Crippen molar-refractivity contribution in [3.05, 3.63) is 83.3 Å². The molecule has 0 aliphatic rings. The Morgan fingerprint density at radius 3 is 2.72 bits per heavy atom. The minimum atomic E-state index is -0.494. The molecule has 5 heterocycles. The summed E-state index contributed by atoms with van der Waals surface area (Å²) in [5.74, 6) is 1.43. The number of fused-ring (bicyclic) bond motifs is 3. The van der Waals surface area contributed by atoms with Gasteiger partial charge in [-0.3, -0.25) is 14.8 Å². The van der Waals surface area contributed by atoms with E-state index in [1.807, 2.05) is 30.3 Å². The van der Waals surface area contributed by atoms with Gasteiger partial charge >= 0.3 is 5.69 Å². The zero-order chi connectivity index (χ0) is 21.7. The minimum absolute atomic E-state index is 0.0774.